The van der Waals surface area contributed by atoms with Gasteiger partial charge in [0, 0.05) is 30.6 Å². The van der Waals surface area contributed by atoms with Crippen LogP contribution in [-0.2, 0) is 16.0 Å². The summed E-state index contributed by atoms with van der Waals surface area (Å²) in [4.78, 5) is 0.192. The van der Waals surface area contributed by atoms with Crippen LogP contribution < -0.4 is 9.64 Å². The van der Waals surface area contributed by atoms with Crippen molar-refractivity contribution >= 4 is 21.2 Å². The number of ether oxygens (including phenoxy) is 1. The maximum absolute atomic E-state index is 15.3. The predicted molar refractivity (Wildman–Crippen MR) is 107 cm³/mol. The summed E-state index contributed by atoms with van der Waals surface area (Å²) in [6.07, 6.45) is -6.38. The molecule has 0 aromatic heterocycles. The number of fused-ring (bicyclic) bond motifs is 1. The average molecular weight is 499 g/mol. The molecule has 0 bridgehead atoms. The molecule has 1 heterocycles. The van der Waals surface area contributed by atoms with Gasteiger partial charge in [-0.05, 0) is 37.6 Å². The summed E-state index contributed by atoms with van der Waals surface area (Å²) in [5.74, 6) is -6.38. The quantitative estimate of drug-likeness (QED) is 0.465. The number of alkyl halides is 6. The molecule has 1 aliphatic heterocycles. The standard InChI is InChI=1S/C21H20F7NO3S/c1-20(24,25)7-6-12-11-29(14-5-3-4-13(22)8-14)16-9-15(21(26,27)28)17(32-2)10-18(16)33(30,31)19(12)23/h3-5,8-10,12,19H,6-7,11H2,1-2H3. The molecule has 0 fully saturated rings. The van der Waals surface area contributed by atoms with E-state index in [4.69, 9.17) is 4.74 Å². The number of benzene rings is 2. The molecule has 2 aromatic rings. The first-order valence-corrected chi connectivity index (χ1v) is 11.3. The molecule has 1 aliphatic rings. The normalized spacial score (nSPS) is 20.8. The van der Waals surface area contributed by atoms with E-state index < -0.39 is 80.5 Å². The zero-order valence-electron chi connectivity index (χ0n) is 17.5. The van der Waals surface area contributed by atoms with Crippen LogP contribution in [0.5, 0.6) is 5.75 Å². The molecule has 4 nitrogen and oxygen atoms in total. The molecule has 33 heavy (non-hydrogen) atoms. The summed E-state index contributed by atoms with van der Waals surface area (Å²) in [6, 6.07) is 5.56. The Labute approximate surface area is 185 Å². The monoisotopic (exact) mass is 499 g/mol. The van der Waals surface area contributed by atoms with E-state index in [-0.39, 0.29) is 5.69 Å². The molecule has 0 N–H and O–H groups in total. The van der Waals surface area contributed by atoms with Crippen molar-refractivity contribution in [1.29, 1.82) is 0 Å². The smallest absolute Gasteiger partial charge is 0.420 e. The largest absolute Gasteiger partial charge is 0.496 e. The zero-order valence-corrected chi connectivity index (χ0v) is 18.3. The molecule has 0 spiro atoms. The second-order valence-electron chi connectivity index (χ2n) is 7.87. The minimum absolute atomic E-state index is 0.0629. The van der Waals surface area contributed by atoms with Crippen molar-refractivity contribution in [1.82, 2.24) is 0 Å². The fourth-order valence-electron chi connectivity index (χ4n) is 3.72. The Balaban J connectivity index is 2.28. The lowest BCUT2D eigenvalue weighted by molar-refractivity contribution is -0.138. The molecule has 2 atom stereocenters. The minimum atomic E-state index is -4.96. The number of rotatable bonds is 5. The third-order valence-electron chi connectivity index (χ3n) is 5.34. The lowest BCUT2D eigenvalue weighted by Crippen LogP contribution is -2.32. The van der Waals surface area contributed by atoms with Gasteiger partial charge in [0.15, 0.2) is 0 Å². The van der Waals surface area contributed by atoms with Gasteiger partial charge in [-0.1, -0.05) is 6.07 Å². The van der Waals surface area contributed by atoms with Crippen molar-refractivity contribution in [3.8, 4) is 5.75 Å². The number of hydrogen-bond acceptors (Lipinski definition) is 4. The van der Waals surface area contributed by atoms with Gasteiger partial charge in [-0.15, -0.1) is 0 Å². The molecule has 2 aromatic carbocycles. The maximum Gasteiger partial charge on any atom is 0.420 e. The first-order chi connectivity index (χ1) is 15.1. The Bertz CT molecular complexity index is 1130. The summed E-state index contributed by atoms with van der Waals surface area (Å²) in [5.41, 5.74) is -4.62. The van der Waals surface area contributed by atoms with Crippen molar-refractivity contribution in [2.24, 2.45) is 5.92 Å². The zero-order chi connectivity index (χ0) is 24.8. The molecule has 3 rings (SSSR count). The molecule has 0 aliphatic carbocycles. The van der Waals surface area contributed by atoms with Gasteiger partial charge in [0.05, 0.1) is 23.3 Å². The molecule has 0 saturated heterocycles. The van der Waals surface area contributed by atoms with E-state index in [1.165, 1.54) is 12.1 Å². The highest BCUT2D eigenvalue weighted by atomic mass is 32.2. The third-order valence-corrected chi connectivity index (χ3v) is 7.26. The molecule has 0 saturated carbocycles. The Morgan fingerprint density at radius 3 is 2.33 bits per heavy atom. The highest BCUT2D eigenvalue weighted by Crippen LogP contribution is 2.47. The van der Waals surface area contributed by atoms with Gasteiger partial charge in [0.1, 0.15) is 11.6 Å². The highest BCUT2D eigenvalue weighted by molar-refractivity contribution is 7.92. The number of halogens is 7. The summed E-state index contributed by atoms with van der Waals surface area (Å²) in [7, 11) is -4.02. The molecule has 0 radical (unpaired) electrons. The van der Waals surface area contributed by atoms with Crippen LogP contribution in [0.15, 0.2) is 41.3 Å². The van der Waals surface area contributed by atoms with Crippen LogP contribution in [0.25, 0.3) is 0 Å². The van der Waals surface area contributed by atoms with Crippen molar-refractivity contribution in [3.63, 3.8) is 0 Å². The lowest BCUT2D eigenvalue weighted by atomic mass is 10.00. The Morgan fingerprint density at radius 1 is 1.12 bits per heavy atom. The number of methoxy groups -OCH3 is 1. The second-order valence-corrected chi connectivity index (χ2v) is 9.85. The molecular weight excluding hydrogens is 479 g/mol. The first-order valence-electron chi connectivity index (χ1n) is 9.73. The lowest BCUT2D eigenvalue weighted by Gasteiger charge is -2.29. The third kappa shape index (κ3) is 5.20. The van der Waals surface area contributed by atoms with Crippen LogP contribution in [0.3, 0.4) is 0 Å². The van der Waals surface area contributed by atoms with Gasteiger partial charge in [-0.2, -0.15) is 13.2 Å². The Morgan fingerprint density at radius 2 is 1.79 bits per heavy atom. The van der Waals surface area contributed by atoms with Crippen molar-refractivity contribution in [2.75, 3.05) is 18.6 Å². The van der Waals surface area contributed by atoms with E-state index >= 15 is 4.39 Å². The van der Waals surface area contributed by atoms with E-state index in [0.717, 1.165) is 24.1 Å². The van der Waals surface area contributed by atoms with Crippen molar-refractivity contribution in [3.05, 3.63) is 47.8 Å². The number of sulfone groups is 1. The number of nitrogens with zero attached hydrogens (tertiary/aromatic N) is 1. The molecule has 12 heteroatoms. The average Bonchev–Trinajstić information content (AvgIpc) is 2.78. The van der Waals surface area contributed by atoms with Crippen LogP contribution in [0, 0.1) is 11.7 Å². The van der Waals surface area contributed by atoms with Gasteiger partial charge in [0.2, 0.25) is 21.3 Å². The van der Waals surface area contributed by atoms with Crippen LogP contribution in [0.1, 0.15) is 25.3 Å². The van der Waals surface area contributed by atoms with Crippen molar-refractivity contribution < 1.29 is 43.9 Å². The maximum atomic E-state index is 15.3. The first kappa shape index (κ1) is 25.1. The van der Waals surface area contributed by atoms with E-state index in [2.05, 4.69) is 0 Å². The fraction of sp³-hybridized carbons (Fsp3) is 0.429. The van der Waals surface area contributed by atoms with Crippen LogP contribution in [0.2, 0.25) is 0 Å². The van der Waals surface area contributed by atoms with Gasteiger partial charge in [-0.25, -0.2) is 26.0 Å². The van der Waals surface area contributed by atoms with E-state index in [0.29, 0.717) is 19.1 Å². The molecular formula is C21H20F7NO3S. The van der Waals surface area contributed by atoms with Gasteiger partial charge in [0.25, 0.3) is 0 Å². The van der Waals surface area contributed by atoms with Crippen LogP contribution >= 0.6 is 0 Å². The minimum Gasteiger partial charge on any atom is -0.496 e. The fourth-order valence-corrected chi connectivity index (χ4v) is 5.42. The summed E-state index contributed by atoms with van der Waals surface area (Å²) < 4.78 is 128. The van der Waals surface area contributed by atoms with E-state index in [1.807, 2.05) is 0 Å². The summed E-state index contributed by atoms with van der Waals surface area (Å²) >= 11 is 0. The molecule has 0 amide bonds. The Hall–Kier alpha value is -2.50. The van der Waals surface area contributed by atoms with Gasteiger partial charge >= 0.3 is 6.18 Å². The van der Waals surface area contributed by atoms with Crippen LogP contribution in [0.4, 0.5) is 42.1 Å². The van der Waals surface area contributed by atoms with Gasteiger partial charge in [-0.3, -0.25) is 0 Å². The summed E-state index contributed by atoms with van der Waals surface area (Å²) in [6.45, 7) is 0.0154. The van der Waals surface area contributed by atoms with E-state index in [9.17, 15) is 34.8 Å². The second kappa shape index (κ2) is 8.69. The van der Waals surface area contributed by atoms with Crippen molar-refractivity contribution in [2.45, 2.75) is 42.3 Å². The van der Waals surface area contributed by atoms with Gasteiger partial charge < -0.3 is 9.64 Å². The SMILES string of the molecule is COc1cc2c(cc1C(F)(F)F)N(c1cccc(F)c1)CC(CCC(C)(F)F)C(F)S2(=O)=O. The van der Waals surface area contributed by atoms with E-state index in [1.54, 1.807) is 0 Å². The summed E-state index contributed by atoms with van der Waals surface area (Å²) in [5, 5.41) is 0. The molecule has 2 unspecified atom stereocenters. The topological polar surface area (TPSA) is 46.6 Å². The number of anilines is 2. The number of hydrogen-bond donors (Lipinski definition) is 0. The predicted octanol–water partition coefficient (Wildman–Crippen LogP) is 6.13. The molecule has 182 valence electrons. The van der Waals surface area contributed by atoms with Crippen LogP contribution in [-0.4, -0.2) is 33.5 Å². The highest BCUT2D eigenvalue weighted by Gasteiger charge is 2.45. The Kier molecular flexibility index (Phi) is 6.62.